The highest BCUT2D eigenvalue weighted by molar-refractivity contribution is 5.46. The molecule has 16 heavy (non-hydrogen) atoms. The molecule has 0 unspecified atom stereocenters. The topological polar surface area (TPSA) is 55.5 Å². The summed E-state index contributed by atoms with van der Waals surface area (Å²) in [5.41, 5.74) is 6.89. The quantitative estimate of drug-likeness (QED) is 0.803. The largest absolute Gasteiger partial charge is 0.504 e. The number of ether oxygens (including phenoxy) is 1. The highest BCUT2D eigenvalue weighted by Crippen LogP contribution is 2.40. The van der Waals surface area contributed by atoms with E-state index in [1.807, 2.05) is 19.1 Å². The lowest BCUT2D eigenvalue weighted by Crippen LogP contribution is -2.11. The molecule has 1 saturated carbocycles. The first-order valence-corrected chi connectivity index (χ1v) is 5.92. The van der Waals surface area contributed by atoms with Gasteiger partial charge in [-0.3, -0.25) is 0 Å². The Balaban J connectivity index is 2.14. The number of hydrogen-bond acceptors (Lipinski definition) is 3. The number of rotatable bonds is 5. The smallest absolute Gasteiger partial charge is 0.162 e. The zero-order valence-electron chi connectivity index (χ0n) is 9.65. The van der Waals surface area contributed by atoms with Crippen LogP contribution in [0.15, 0.2) is 18.2 Å². The highest BCUT2D eigenvalue weighted by Gasteiger charge is 2.26. The minimum atomic E-state index is -0.0760. The summed E-state index contributed by atoms with van der Waals surface area (Å²) < 4.78 is 5.34. The van der Waals surface area contributed by atoms with Crippen molar-refractivity contribution in [3.8, 4) is 11.5 Å². The van der Waals surface area contributed by atoms with E-state index in [0.717, 1.165) is 17.9 Å². The Morgan fingerprint density at radius 3 is 2.88 bits per heavy atom. The van der Waals surface area contributed by atoms with Crippen LogP contribution in [-0.2, 0) is 0 Å². The molecule has 0 radical (unpaired) electrons. The normalized spacial score (nSPS) is 17.1. The predicted molar refractivity (Wildman–Crippen MR) is 63.5 cm³/mol. The molecule has 0 heterocycles. The van der Waals surface area contributed by atoms with Crippen LogP contribution in [0.5, 0.6) is 11.5 Å². The number of aromatic hydroxyl groups is 1. The van der Waals surface area contributed by atoms with E-state index in [4.69, 9.17) is 10.5 Å². The minimum Gasteiger partial charge on any atom is -0.504 e. The Kier molecular flexibility index (Phi) is 3.34. The fourth-order valence-corrected chi connectivity index (χ4v) is 1.95. The van der Waals surface area contributed by atoms with Crippen molar-refractivity contribution in [2.24, 2.45) is 11.7 Å². The summed E-state index contributed by atoms with van der Waals surface area (Å²) in [6.45, 7) is 2.45. The summed E-state index contributed by atoms with van der Waals surface area (Å²) >= 11 is 0. The van der Waals surface area contributed by atoms with Crippen LogP contribution in [-0.4, -0.2) is 11.7 Å². The van der Waals surface area contributed by atoms with Gasteiger partial charge in [0.15, 0.2) is 11.5 Å². The first kappa shape index (κ1) is 11.3. The molecule has 1 aliphatic rings. The van der Waals surface area contributed by atoms with E-state index in [9.17, 15) is 5.11 Å². The van der Waals surface area contributed by atoms with E-state index < -0.39 is 0 Å². The first-order valence-electron chi connectivity index (χ1n) is 5.92. The number of phenolic OH excluding ortho intramolecular Hbond substituents is 1. The van der Waals surface area contributed by atoms with Crippen molar-refractivity contribution in [3.05, 3.63) is 23.8 Å². The zero-order chi connectivity index (χ0) is 11.5. The highest BCUT2D eigenvalue weighted by atomic mass is 16.5. The lowest BCUT2D eigenvalue weighted by molar-refractivity contribution is 0.315. The molecule has 1 fully saturated rings. The third-order valence-corrected chi connectivity index (χ3v) is 3.01. The van der Waals surface area contributed by atoms with Gasteiger partial charge in [0.1, 0.15) is 0 Å². The van der Waals surface area contributed by atoms with Gasteiger partial charge >= 0.3 is 0 Å². The van der Waals surface area contributed by atoms with Crippen molar-refractivity contribution in [1.29, 1.82) is 0 Å². The molecule has 1 aliphatic carbocycles. The van der Waals surface area contributed by atoms with Gasteiger partial charge in [0.05, 0.1) is 6.61 Å². The number of benzene rings is 1. The van der Waals surface area contributed by atoms with E-state index in [-0.39, 0.29) is 11.8 Å². The molecule has 0 spiro atoms. The molecule has 1 aromatic rings. The molecule has 3 heteroatoms. The van der Waals surface area contributed by atoms with Gasteiger partial charge < -0.3 is 15.6 Å². The molecule has 1 aromatic carbocycles. The van der Waals surface area contributed by atoms with Crippen LogP contribution < -0.4 is 10.5 Å². The van der Waals surface area contributed by atoms with Crippen LogP contribution in [0.4, 0.5) is 0 Å². The van der Waals surface area contributed by atoms with Gasteiger partial charge in [-0.2, -0.15) is 0 Å². The molecule has 0 aliphatic heterocycles. The lowest BCUT2D eigenvalue weighted by Gasteiger charge is -2.15. The Hall–Kier alpha value is -1.22. The van der Waals surface area contributed by atoms with Gasteiger partial charge in [0.25, 0.3) is 0 Å². The standard InChI is InChI=1S/C13H19NO2/c1-2-16-12-5-3-4-10(13(12)15)11(14)8-9-6-7-9/h3-5,9,11,15H,2,6-8,14H2,1H3/t11-/m1/s1. The molecule has 3 N–H and O–H groups in total. The van der Waals surface area contributed by atoms with Crippen LogP contribution in [0.1, 0.15) is 37.8 Å². The fourth-order valence-electron chi connectivity index (χ4n) is 1.95. The second-order valence-electron chi connectivity index (χ2n) is 4.41. The molecule has 0 bridgehead atoms. The minimum absolute atomic E-state index is 0.0760. The molecule has 0 saturated heterocycles. The summed E-state index contributed by atoms with van der Waals surface area (Å²) in [5, 5.41) is 10.0. The fraction of sp³-hybridized carbons (Fsp3) is 0.538. The Bertz CT molecular complexity index is 361. The number of phenols is 1. The van der Waals surface area contributed by atoms with E-state index >= 15 is 0 Å². The first-order chi connectivity index (χ1) is 7.72. The van der Waals surface area contributed by atoms with Gasteiger partial charge in [-0.15, -0.1) is 0 Å². The molecule has 0 amide bonds. The SMILES string of the molecule is CCOc1cccc([C@H](N)CC2CC2)c1O. The van der Waals surface area contributed by atoms with Crippen LogP contribution in [0, 0.1) is 5.92 Å². The van der Waals surface area contributed by atoms with Gasteiger partial charge in [-0.1, -0.05) is 25.0 Å². The summed E-state index contributed by atoms with van der Waals surface area (Å²) in [7, 11) is 0. The zero-order valence-corrected chi connectivity index (χ0v) is 9.65. The molecule has 1 atom stereocenters. The van der Waals surface area contributed by atoms with E-state index in [1.165, 1.54) is 12.8 Å². The van der Waals surface area contributed by atoms with Crippen molar-refractivity contribution in [2.75, 3.05) is 6.61 Å². The molecule has 3 nitrogen and oxygen atoms in total. The number of para-hydroxylation sites is 1. The average molecular weight is 221 g/mol. The second kappa shape index (κ2) is 4.74. The maximum atomic E-state index is 10.0. The molecule has 0 aromatic heterocycles. The summed E-state index contributed by atoms with van der Waals surface area (Å²) in [5.74, 6) is 1.49. The number of hydrogen-bond donors (Lipinski definition) is 2. The van der Waals surface area contributed by atoms with Gasteiger partial charge in [-0.05, 0) is 25.3 Å². The van der Waals surface area contributed by atoms with Crippen molar-refractivity contribution in [2.45, 2.75) is 32.2 Å². The Labute approximate surface area is 96.2 Å². The molecular weight excluding hydrogens is 202 g/mol. The predicted octanol–water partition coefficient (Wildman–Crippen LogP) is 2.59. The summed E-state index contributed by atoms with van der Waals surface area (Å²) in [6, 6.07) is 5.46. The van der Waals surface area contributed by atoms with Crippen molar-refractivity contribution in [1.82, 2.24) is 0 Å². The third-order valence-electron chi connectivity index (χ3n) is 3.01. The van der Waals surface area contributed by atoms with Gasteiger partial charge in [0, 0.05) is 11.6 Å². The summed E-state index contributed by atoms with van der Waals surface area (Å²) in [6.07, 6.45) is 3.52. The van der Waals surface area contributed by atoms with Crippen LogP contribution in [0.25, 0.3) is 0 Å². The van der Waals surface area contributed by atoms with Gasteiger partial charge in [-0.25, -0.2) is 0 Å². The maximum Gasteiger partial charge on any atom is 0.162 e. The average Bonchev–Trinajstić information content (AvgIpc) is 3.05. The van der Waals surface area contributed by atoms with E-state index in [2.05, 4.69) is 0 Å². The molecule has 2 rings (SSSR count). The van der Waals surface area contributed by atoms with E-state index in [0.29, 0.717) is 12.4 Å². The maximum absolute atomic E-state index is 10.0. The number of nitrogens with two attached hydrogens (primary N) is 1. The van der Waals surface area contributed by atoms with Crippen molar-refractivity contribution >= 4 is 0 Å². The second-order valence-corrected chi connectivity index (χ2v) is 4.41. The van der Waals surface area contributed by atoms with E-state index in [1.54, 1.807) is 6.07 Å². The monoisotopic (exact) mass is 221 g/mol. The van der Waals surface area contributed by atoms with Gasteiger partial charge in [0.2, 0.25) is 0 Å². The third kappa shape index (κ3) is 2.47. The molecular formula is C13H19NO2. The lowest BCUT2D eigenvalue weighted by atomic mass is 10.0. The summed E-state index contributed by atoms with van der Waals surface area (Å²) in [4.78, 5) is 0. The Morgan fingerprint density at radius 1 is 1.50 bits per heavy atom. The van der Waals surface area contributed by atoms with Crippen LogP contribution in [0.2, 0.25) is 0 Å². The van der Waals surface area contributed by atoms with Crippen LogP contribution >= 0.6 is 0 Å². The molecule has 88 valence electrons. The van der Waals surface area contributed by atoms with Crippen molar-refractivity contribution < 1.29 is 9.84 Å². The Morgan fingerprint density at radius 2 is 2.25 bits per heavy atom. The van der Waals surface area contributed by atoms with Crippen molar-refractivity contribution in [3.63, 3.8) is 0 Å². The van der Waals surface area contributed by atoms with Crippen LogP contribution in [0.3, 0.4) is 0 Å².